The van der Waals surface area contributed by atoms with Crippen LogP contribution in [0.25, 0.3) is 10.2 Å². The number of anilines is 1. The molecule has 0 amide bonds. The van der Waals surface area contributed by atoms with E-state index in [1.54, 1.807) is 11.3 Å². The SMILES string of the molecule is CC1(Nc2nc3ccc(Cl)cc3s2)CCCCC1. The van der Waals surface area contributed by atoms with Crippen LogP contribution in [0.5, 0.6) is 0 Å². The standard InChI is InChI=1S/C14H17ClN2S/c1-14(7-3-2-4-8-14)17-13-16-11-6-5-10(15)9-12(11)18-13/h5-6,9H,2-4,7-8H2,1H3,(H,16,17). The van der Waals surface area contributed by atoms with Crippen LogP contribution in [-0.2, 0) is 0 Å². The molecule has 0 aliphatic heterocycles. The van der Waals surface area contributed by atoms with E-state index in [1.165, 1.54) is 32.1 Å². The summed E-state index contributed by atoms with van der Waals surface area (Å²) in [7, 11) is 0. The monoisotopic (exact) mass is 280 g/mol. The Morgan fingerprint density at radius 3 is 2.83 bits per heavy atom. The second kappa shape index (κ2) is 4.71. The van der Waals surface area contributed by atoms with Gasteiger partial charge in [0.05, 0.1) is 10.2 Å². The van der Waals surface area contributed by atoms with Gasteiger partial charge in [0.1, 0.15) is 0 Å². The summed E-state index contributed by atoms with van der Waals surface area (Å²) in [5, 5.41) is 5.43. The van der Waals surface area contributed by atoms with E-state index in [4.69, 9.17) is 11.6 Å². The Morgan fingerprint density at radius 2 is 2.06 bits per heavy atom. The lowest BCUT2D eigenvalue weighted by atomic mass is 9.83. The highest BCUT2D eigenvalue weighted by molar-refractivity contribution is 7.22. The maximum Gasteiger partial charge on any atom is 0.184 e. The third-order valence-corrected chi connectivity index (χ3v) is 4.88. The van der Waals surface area contributed by atoms with Crippen molar-refractivity contribution >= 4 is 38.3 Å². The molecule has 0 bridgehead atoms. The van der Waals surface area contributed by atoms with Gasteiger partial charge in [-0.2, -0.15) is 0 Å². The molecule has 2 aromatic rings. The maximum absolute atomic E-state index is 6.01. The molecule has 2 nitrogen and oxygen atoms in total. The highest BCUT2D eigenvalue weighted by Gasteiger charge is 2.27. The van der Waals surface area contributed by atoms with Crippen LogP contribution in [0, 0.1) is 0 Å². The van der Waals surface area contributed by atoms with Crippen molar-refractivity contribution in [1.29, 1.82) is 0 Å². The first-order valence-electron chi connectivity index (χ1n) is 6.49. The summed E-state index contributed by atoms with van der Waals surface area (Å²) < 4.78 is 1.16. The van der Waals surface area contributed by atoms with Crippen LogP contribution >= 0.6 is 22.9 Å². The van der Waals surface area contributed by atoms with Crippen molar-refractivity contribution in [2.75, 3.05) is 5.32 Å². The molecule has 1 saturated carbocycles. The summed E-state index contributed by atoms with van der Waals surface area (Å²) in [5.74, 6) is 0. The van der Waals surface area contributed by atoms with Crippen molar-refractivity contribution in [1.82, 2.24) is 4.98 Å². The van der Waals surface area contributed by atoms with Crippen LogP contribution in [0.1, 0.15) is 39.0 Å². The van der Waals surface area contributed by atoms with Gasteiger partial charge in [-0.05, 0) is 38.0 Å². The van der Waals surface area contributed by atoms with Gasteiger partial charge >= 0.3 is 0 Å². The molecule has 18 heavy (non-hydrogen) atoms. The zero-order valence-corrected chi connectivity index (χ0v) is 12.1. The fraction of sp³-hybridized carbons (Fsp3) is 0.500. The molecule has 1 aliphatic carbocycles. The molecule has 0 radical (unpaired) electrons. The Bertz CT molecular complexity index is 558. The quantitative estimate of drug-likeness (QED) is 0.829. The van der Waals surface area contributed by atoms with E-state index in [1.807, 2.05) is 18.2 Å². The van der Waals surface area contributed by atoms with Gasteiger partial charge in [-0.3, -0.25) is 0 Å². The molecule has 0 unspecified atom stereocenters. The van der Waals surface area contributed by atoms with E-state index in [0.717, 1.165) is 20.4 Å². The molecule has 0 spiro atoms. The fourth-order valence-electron chi connectivity index (χ4n) is 2.67. The number of nitrogens with one attached hydrogen (secondary N) is 1. The second-order valence-electron chi connectivity index (χ2n) is 5.38. The summed E-state index contributed by atoms with van der Waals surface area (Å²) in [6.45, 7) is 2.31. The number of rotatable bonds is 2. The maximum atomic E-state index is 6.01. The van der Waals surface area contributed by atoms with Gasteiger partial charge in [0.15, 0.2) is 5.13 Å². The summed E-state index contributed by atoms with van der Waals surface area (Å²) >= 11 is 7.70. The van der Waals surface area contributed by atoms with Crippen LogP contribution in [0.4, 0.5) is 5.13 Å². The normalized spacial score (nSPS) is 19.0. The molecular formula is C14H17ClN2S. The third kappa shape index (κ3) is 2.47. The smallest absolute Gasteiger partial charge is 0.184 e. The Hall–Kier alpha value is -0.800. The number of nitrogens with zero attached hydrogens (tertiary/aromatic N) is 1. The summed E-state index contributed by atoms with van der Waals surface area (Å²) in [6, 6.07) is 5.88. The first kappa shape index (κ1) is 12.2. The van der Waals surface area contributed by atoms with Crippen molar-refractivity contribution in [2.24, 2.45) is 0 Å². The first-order valence-corrected chi connectivity index (χ1v) is 7.68. The van der Waals surface area contributed by atoms with Crippen molar-refractivity contribution < 1.29 is 0 Å². The lowest BCUT2D eigenvalue weighted by Gasteiger charge is -2.34. The molecule has 0 saturated heterocycles. The van der Waals surface area contributed by atoms with Crippen LogP contribution in [-0.4, -0.2) is 10.5 Å². The number of hydrogen-bond acceptors (Lipinski definition) is 3. The van der Waals surface area contributed by atoms with E-state index in [-0.39, 0.29) is 5.54 Å². The summed E-state index contributed by atoms with van der Waals surface area (Å²) in [5.41, 5.74) is 1.25. The minimum atomic E-state index is 0.218. The molecule has 1 aliphatic rings. The average Bonchev–Trinajstić information content (AvgIpc) is 2.70. The molecule has 0 atom stereocenters. The van der Waals surface area contributed by atoms with Gasteiger partial charge in [0.25, 0.3) is 0 Å². The summed E-state index contributed by atoms with van der Waals surface area (Å²) in [4.78, 5) is 4.64. The van der Waals surface area contributed by atoms with Crippen LogP contribution in [0.15, 0.2) is 18.2 Å². The van der Waals surface area contributed by atoms with Crippen LogP contribution < -0.4 is 5.32 Å². The molecule has 1 N–H and O–H groups in total. The molecule has 1 fully saturated rings. The molecular weight excluding hydrogens is 264 g/mol. The van der Waals surface area contributed by atoms with Gasteiger partial charge in [-0.25, -0.2) is 4.98 Å². The first-order chi connectivity index (χ1) is 8.65. The molecule has 3 rings (SSSR count). The Morgan fingerprint density at radius 1 is 1.28 bits per heavy atom. The number of benzene rings is 1. The van der Waals surface area contributed by atoms with Gasteiger partial charge in [-0.1, -0.05) is 42.2 Å². The minimum Gasteiger partial charge on any atom is -0.356 e. The lowest BCUT2D eigenvalue weighted by Crippen LogP contribution is -2.36. The Labute approximate surface area is 116 Å². The highest BCUT2D eigenvalue weighted by atomic mass is 35.5. The molecule has 4 heteroatoms. The zero-order valence-electron chi connectivity index (χ0n) is 10.5. The summed E-state index contributed by atoms with van der Waals surface area (Å²) in [6.07, 6.45) is 6.49. The van der Waals surface area contributed by atoms with E-state index >= 15 is 0 Å². The third-order valence-electron chi connectivity index (χ3n) is 3.72. The predicted octanol–water partition coefficient (Wildman–Crippen LogP) is 5.08. The number of aromatic nitrogens is 1. The van der Waals surface area contributed by atoms with Crippen LogP contribution in [0.2, 0.25) is 5.02 Å². The van der Waals surface area contributed by atoms with Gasteiger partial charge in [0, 0.05) is 10.6 Å². The molecule has 96 valence electrons. The van der Waals surface area contributed by atoms with Gasteiger partial charge < -0.3 is 5.32 Å². The van der Waals surface area contributed by atoms with E-state index in [2.05, 4.69) is 17.2 Å². The number of thiazole rings is 1. The van der Waals surface area contributed by atoms with E-state index in [9.17, 15) is 0 Å². The lowest BCUT2D eigenvalue weighted by molar-refractivity contribution is 0.349. The van der Waals surface area contributed by atoms with E-state index in [0.29, 0.717) is 0 Å². The second-order valence-corrected chi connectivity index (χ2v) is 6.84. The van der Waals surface area contributed by atoms with Gasteiger partial charge in [0.2, 0.25) is 0 Å². The zero-order chi connectivity index (χ0) is 12.6. The molecule has 1 aromatic carbocycles. The van der Waals surface area contributed by atoms with Crippen molar-refractivity contribution in [3.8, 4) is 0 Å². The van der Waals surface area contributed by atoms with Crippen LogP contribution in [0.3, 0.4) is 0 Å². The topological polar surface area (TPSA) is 24.9 Å². The Kier molecular flexibility index (Phi) is 3.20. The predicted molar refractivity (Wildman–Crippen MR) is 79.7 cm³/mol. The number of halogens is 1. The van der Waals surface area contributed by atoms with Crippen molar-refractivity contribution in [3.05, 3.63) is 23.2 Å². The largest absolute Gasteiger partial charge is 0.356 e. The fourth-order valence-corrected chi connectivity index (χ4v) is 3.96. The molecule has 1 heterocycles. The van der Waals surface area contributed by atoms with Gasteiger partial charge in [-0.15, -0.1) is 0 Å². The Balaban J connectivity index is 1.86. The number of hydrogen-bond donors (Lipinski definition) is 1. The van der Waals surface area contributed by atoms with Crippen molar-refractivity contribution in [3.63, 3.8) is 0 Å². The minimum absolute atomic E-state index is 0.218. The van der Waals surface area contributed by atoms with E-state index < -0.39 is 0 Å². The average molecular weight is 281 g/mol. The molecule has 1 aromatic heterocycles. The number of fused-ring (bicyclic) bond motifs is 1. The van der Waals surface area contributed by atoms with Crippen molar-refractivity contribution in [2.45, 2.75) is 44.6 Å². The highest BCUT2D eigenvalue weighted by Crippen LogP contribution is 2.34.